The number of halogens is 1. The largest absolute Gasteiger partial charge is 0.355 e. The van der Waals surface area contributed by atoms with Crippen LogP contribution < -0.4 is 10.6 Å². The fourth-order valence-corrected chi connectivity index (χ4v) is 2.27. The number of carbonyl (C=O) groups excluding carboxylic acids is 1. The summed E-state index contributed by atoms with van der Waals surface area (Å²) in [6.45, 7) is 5.07. The maximum Gasteiger partial charge on any atom is 0.233 e. The van der Waals surface area contributed by atoms with Gasteiger partial charge in [0.1, 0.15) is 0 Å². The summed E-state index contributed by atoms with van der Waals surface area (Å²) in [6, 6.07) is 0. The van der Waals surface area contributed by atoms with Crippen LogP contribution in [-0.2, 0) is 4.79 Å². The molecule has 0 bridgehead atoms. The Labute approximate surface area is 117 Å². The second-order valence-corrected chi connectivity index (χ2v) is 4.84. The molecule has 1 fully saturated rings. The van der Waals surface area contributed by atoms with Crippen molar-refractivity contribution in [3.8, 4) is 0 Å². The Morgan fingerprint density at radius 2 is 1.83 bits per heavy atom. The third kappa shape index (κ3) is 8.72. The Morgan fingerprint density at radius 3 is 2.50 bits per heavy atom. The normalized spacial score (nSPS) is 16.1. The van der Waals surface area contributed by atoms with Gasteiger partial charge in [0.15, 0.2) is 0 Å². The van der Waals surface area contributed by atoms with Crippen molar-refractivity contribution in [3.05, 3.63) is 0 Å². The Morgan fingerprint density at radius 1 is 1.11 bits per heavy atom. The Hall–Kier alpha value is -0.320. The molecule has 1 heterocycles. The first kappa shape index (κ1) is 17.7. The summed E-state index contributed by atoms with van der Waals surface area (Å²) < 4.78 is 0. The number of likely N-dealkylation sites (tertiary alicyclic amines) is 1. The molecule has 108 valence electrons. The SMILES string of the molecule is CNCC(=O)NCCCCCN1CCCCC1.Cl. The molecular weight excluding hydrogens is 250 g/mol. The van der Waals surface area contributed by atoms with Crippen LogP contribution in [0, 0.1) is 0 Å². The highest BCUT2D eigenvalue weighted by molar-refractivity contribution is 5.85. The van der Waals surface area contributed by atoms with E-state index in [1.54, 1.807) is 7.05 Å². The van der Waals surface area contributed by atoms with Crippen LogP contribution in [0.25, 0.3) is 0 Å². The first-order valence-corrected chi connectivity index (χ1v) is 6.96. The molecule has 0 atom stereocenters. The molecule has 1 aliphatic rings. The zero-order valence-electron chi connectivity index (χ0n) is 11.5. The topological polar surface area (TPSA) is 44.4 Å². The molecule has 1 aliphatic heterocycles. The first-order valence-electron chi connectivity index (χ1n) is 6.96. The second-order valence-electron chi connectivity index (χ2n) is 4.84. The Balaban J connectivity index is 0.00000289. The van der Waals surface area contributed by atoms with Gasteiger partial charge >= 0.3 is 0 Å². The fourth-order valence-electron chi connectivity index (χ4n) is 2.27. The van der Waals surface area contributed by atoms with E-state index in [4.69, 9.17) is 0 Å². The minimum absolute atomic E-state index is 0. The van der Waals surface area contributed by atoms with Crippen LogP contribution in [-0.4, -0.2) is 50.6 Å². The standard InChI is InChI=1S/C13H27N3O.ClH/c1-14-12-13(17)15-8-4-2-5-9-16-10-6-3-7-11-16;/h14H,2-12H2,1H3,(H,15,17);1H. The van der Waals surface area contributed by atoms with Gasteiger partial charge in [0, 0.05) is 6.54 Å². The summed E-state index contributed by atoms with van der Waals surface area (Å²) in [5, 5.41) is 5.75. The Kier molecular flexibility index (Phi) is 11.5. The summed E-state index contributed by atoms with van der Waals surface area (Å²) in [5.74, 6) is 0.100. The van der Waals surface area contributed by atoms with Crippen molar-refractivity contribution < 1.29 is 4.79 Å². The smallest absolute Gasteiger partial charge is 0.233 e. The van der Waals surface area contributed by atoms with Crippen LogP contribution in [0.2, 0.25) is 0 Å². The summed E-state index contributed by atoms with van der Waals surface area (Å²) in [5.41, 5.74) is 0. The molecular formula is C13H28ClN3O. The van der Waals surface area contributed by atoms with Gasteiger partial charge in [0.05, 0.1) is 6.54 Å². The van der Waals surface area contributed by atoms with E-state index in [-0.39, 0.29) is 18.3 Å². The fraction of sp³-hybridized carbons (Fsp3) is 0.923. The van der Waals surface area contributed by atoms with Crippen molar-refractivity contribution in [2.24, 2.45) is 0 Å². The number of hydrogen-bond donors (Lipinski definition) is 2. The van der Waals surface area contributed by atoms with E-state index >= 15 is 0 Å². The van der Waals surface area contributed by atoms with Crippen LogP contribution in [0.15, 0.2) is 0 Å². The number of piperidine rings is 1. The maximum atomic E-state index is 11.1. The lowest BCUT2D eigenvalue weighted by atomic mass is 10.1. The third-order valence-electron chi connectivity index (χ3n) is 3.26. The van der Waals surface area contributed by atoms with Crippen molar-refractivity contribution in [2.45, 2.75) is 38.5 Å². The van der Waals surface area contributed by atoms with Gasteiger partial charge in [-0.25, -0.2) is 0 Å². The molecule has 1 saturated heterocycles. The van der Waals surface area contributed by atoms with Gasteiger partial charge in [-0.1, -0.05) is 12.8 Å². The predicted molar refractivity (Wildman–Crippen MR) is 78.3 cm³/mol. The highest BCUT2D eigenvalue weighted by atomic mass is 35.5. The molecule has 0 aromatic rings. The molecule has 2 N–H and O–H groups in total. The summed E-state index contributed by atoms with van der Waals surface area (Å²) >= 11 is 0. The molecule has 0 spiro atoms. The lowest BCUT2D eigenvalue weighted by Gasteiger charge is -2.26. The maximum absolute atomic E-state index is 11.1. The zero-order valence-corrected chi connectivity index (χ0v) is 12.4. The number of unbranched alkanes of at least 4 members (excludes halogenated alkanes) is 2. The number of likely N-dealkylation sites (N-methyl/N-ethyl adjacent to an activating group) is 1. The highest BCUT2D eigenvalue weighted by Crippen LogP contribution is 2.09. The summed E-state index contributed by atoms with van der Waals surface area (Å²) in [4.78, 5) is 13.7. The van der Waals surface area contributed by atoms with Crippen LogP contribution in [0.1, 0.15) is 38.5 Å². The van der Waals surface area contributed by atoms with Crippen molar-refractivity contribution in [1.82, 2.24) is 15.5 Å². The number of carbonyl (C=O) groups is 1. The summed E-state index contributed by atoms with van der Waals surface area (Å²) in [7, 11) is 1.79. The van der Waals surface area contributed by atoms with Crippen LogP contribution in [0.5, 0.6) is 0 Å². The average molecular weight is 278 g/mol. The molecule has 1 rings (SSSR count). The van der Waals surface area contributed by atoms with E-state index in [9.17, 15) is 4.79 Å². The Bertz CT molecular complexity index is 208. The van der Waals surface area contributed by atoms with E-state index in [1.807, 2.05) is 0 Å². The highest BCUT2D eigenvalue weighted by Gasteiger charge is 2.08. The van der Waals surface area contributed by atoms with Crippen molar-refractivity contribution in [2.75, 3.05) is 39.8 Å². The quantitative estimate of drug-likeness (QED) is 0.659. The molecule has 1 amide bonds. The van der Waals surface area contributed by atoms with Gasteiger partial charge in [-0.3, -0.25) is 4.79 Å². The molecule has 0 aliphatic carbocycles. The lowest BCUT2D eigenvalue weighted by Crippen LogP contribution is -2.33. The molecule has 4 nitrogen and oxygen atoms in total. The molecule has 0 radical (unpaired) electrons. The first-order chi connectivity index (χ1) is 8.33. The predicted octanol–water partition coefficient (Wildman–Crippen LogP) is 1.40. The number of amides is 1. The van der Waals surface area contributed by atoms with E-state index in [1.165, 1.54) is 51.7 Å². The molecule has 0 saturated carbocycles. The van der Waals surface area contributed by atoms with Gasteiger partial charge in [-0.15, -0.1) is 12.4 Å². The third-order valence-corrected chi connectivity index (χ3v) is 3.26. The molecule has 18 heavy (non-hydrogen) atoms. The number of nitrogens with zero attached hydrogens (tertiary/aromatic N) is 1. The molecule has 5 heteroatoms. The second kappa shape index (κ2) is 11.8. The molecule has 0 aromatic carbocycles. The minimum atomic E-state index is 0. The van der Waals surface area contributed by atoms with Gasteiger partial charge < -0.3 is 15.5 Å². The minimum Gasteiger partial charge on any atom is -0.355 e. The van der Waals surface area contributed by atoms with Gasteiger partial charge in [0.2, 0.25) is 5.91 Å². The molecule has 0 aromatic heterocycles. The van der Waals surface area contributed by atoms with Gasteiger partial charge in [0.25, 0.3) is 0 Å². The van der Waals surface area contributed by atoms with E-state index in [0.717, 1.165) is 13.0 Å². The van der Waals surface area contributed by atoms with Crippen LogP contribution in [0.3, 0.4) is 0 Å². The zero-order chi connectivity index (χ0) is 12.3. The van der Waals surface area contributed by atoms with Crippen molar-refractivity contribution in [1.29, 1.82) is 0 Å². The van der Waals surface area contributed by atoms with Crippen LogP contribution in [0.4, 0.5) is 0 Å². The van der Waals surface area contributed by atoms with Crippen molar-refractivity contribution >= 4 is 18.3 Å². The molecule has 0 unspecified atom stereocenters. The monoisotopic (exact) mass is 277 g/mol. The van der Waals surface area contributed by atoms with Gasteiger partial charge in [-0.05, 0) is 52.4 Å². The van der Waals surface area contributed by atoms with Crippen LogP contribution >= 0.6 is 12.4 Å². The van der Waals surface area contributed by atoms with Gasteiger partial charge in [-0.2, -0.15) is 0 Å². The number of nitrogens with one attached hydrogen (secondary N) is 2. The van der Waals surface area contributed by atoms with Crippen molar-refractivity contribution in [3.63, 3.8) is 0 Å². The van der Waals surface area contributed by atoms with E-state index in [0.29, 0.717) is 6.54 Å². The van der Waals surface area contributed by atoms with E-state index in [2.05, 4.69) is 15.5 Å². The average Bonchev–Trinajstić information content (AvgIpc) is 2.35. The number of hydrogen-bond acceptors (Lipinski definition) is 3. The number of rotatable bonds is 8. The summed E-state index contributed by atoms with van der Waals surface area (Å²) in [6.07, 6.45) is 7.75. The van der Waals surface area contributed by atoms with E-state index < -0.39 is 0 Å². The lowest BCUT2D eigenvalue weighted by molar-refractivity contribution is -0.120.